The highest BCUT2D eigenvalue weighted by molar-refractivity contribution is 5.80. The van der Waals surface area contributed by atoms with Crippen LogP contribution in [0.15, 0.2) is 29.3 Å². The van der Waals surface area contributed by atoms with Gasteiger partial charge in [0, 0.05) is 70.9 Å². The summed E-state index contributed by atoms with van der Waals surface area (Å²) in [5, 5.41) is 3.48. The Bertz CT molecular complexity index is 713. The third-order valence-electron chi connectivity index (χ3n) is 6.72. The predicted octanol–water partition coefficient (Wildman–Crippen LogP) is 2.42. The summed E-state index contributed by atoms with van der Waals surface area (Å²) < 4.78 is 19.7. The number of anilines is 1. The second-order valence-electron chi connectivity index (χ2n) is 8.84. The lowest BCUT2D eigenvalue weighted by atomic mass is 9.87. The minimum Gasteiger partial charge on any atom is -0.381 e. The van der Waals surface area contributed by atoms with Crippen LogP contribution in [0.3, 0.4) is 0 Å². The van der Waals surface area contributed by atoms with Gasteiger partial charge in [-0.1, -0.05) is 12.1 Å². The summed E-state index contributed by atoms with van der Waals surface area (Å²) >= 11 is 0. The number of aliphatic imine (C=N–C) groups is 1. The van der Waals surface area contributed by atoms with Crippen molar-refractivity contribution >= 4 is 11.6 Å². The van der Waals surface area contributed by atoms with E-state index in [1.54, 1.807) is 12.1 Å². The number of piperazine rings is 1. The minimum atomic E-state index is -0.121. The first-order chi connectivity index (χ1) is 14.7. The summed E-state index contributed by atoms with van der Waals surface area (Å²) in [6, 6.07) is 7.08. The van der Waals surface area contributed by atoms with Crippen LogP contribution in [0, 0.1) is 11.2 Å². The minimum absolute atomic E-state index is 0.121. The lowest BCUT2D eigenvalue weighted by Gasteiger charge is -2.36. The van der Waals surface area contributed by atoms with Crippen molar-refractivity contribution in [3.8, 4) is 0 Å². The lowest BCUT2D eigenvalue weighted by molar-refractivity contribution is 0.156. The number of halogens is 1. The Morgan fingerprint density at radius 3 is 2.73 bits per heavy atom. The molecule has 0 aromatic heterocycles. The molecular formula is C23H36FN5O. The molecule has 1 aromatic rings. The van der Waals surface area contributed by atoms with Crippen LogP contribution in [-0.2, 0) is 4.74 Å². The second-order valence-corrected chi connectivity index (χ2v) is 8.84. The monoisotopic (exact) mass is 417 g/mol. The number of ether oxygens (including phenoxy) is 1. The van der Waals surface area contributed by atoms with E-state index in [-0.39, 0.29) is 5.82 Å². The lowest BCUT2D eigenvalue weighted by Crippen LogP contribution is -2.47. The molecule has 0 radical (unpaired) electrons. The summed E-state index contributed by atoms with van der Waals surface area (Å²) in [6.07, 6.45) is 3.45. The molecule has 0 aliphatic carbocycles. The van der Waals surface area contributed by atoms with Crippen LogP contribution in [0.5, 0.6) is 0 Å². The van der Waals surface area contributed by atoms with Crippen molar-refractivity contribution in [1.82, 2.24) is 15.1 Å². The molecule has 1 aromatic carbocycles. The fourth-order valence-corrected chi connectivity index (χ4v) is 4.91. The normalized spacial score (nSPS) is 25.5. The van der Waals surface area contributed by atoms with Crippen LogP contribution in [0.1, 0.15) is 26.2 Å². The van der Waals surface area contributed by atoms with Crippen molar-refractivity contribution in [1.29, 1.82) is 0 Å². The van der Waals surface area contributed by atoms with Crippen molar-refractivity contribution < 1.29 is 9.13 Å². The van der Waals surface area contributed by atoms with Gasteiger partial charge in [0.15, 0.2) is 5.96 Å². The fourth-order valence-electron chi connectivity index (χ4n) is 4.91. The van der Waals surface area contributed by atoms with E-state index in [0.717, 1.165) is 90.2 Å². The van der Waals surface area contributed by atoms with E-state index in [2.05, 4.69) is 26.9 Å². The van der Waals surface area contributed by atoms with Crippen molar-refractivity contribution in [2.75, 3.05) is 77.0 Å². The van der Waals surface area contributed by atoms with Gasteiger partial charge in [-0.2, -0.15) is 0 Å². The zero-order chi connectivity index (χ0) is 20.8. The molecule has 1 unspecified atom stereocenters. The number of hydrogen-bond donors (Lipinski definition) is 1. The molecule has 0 bridgehead atoms. The predicted molar refractivity (Wildman–Crippen MR) is 120 cm³/mol. The summed E-state index contributed by atoms with van der Waals surface area (Å²) in [4.78, 5) is 12.0. The first-order valence-electron chi connectivity index (χ1n) is 11.5. The van der Waals surface area contributed by atoms with Crippen LogP contribution in [0.2, 0.25) is 0 Å². The molecule has 6 nitrogen and oxygen atoms in total. The Hall–Kier alpha value is -1.86. The van der Waals surface area contributed by atoms with Crippen molar-refractivity contribution in [2.45, 2.75) is 26.2 Å². The molecule has 3 aliphatic rings. The van der Waals surface area contributed by atoms with Gasteiger partial charge in [0.05, 0.1) is 12.3 Å². The van der Waals surface area contributed by atoms with Gasteiger partial charge in [0.25, 0.3) is 0 Å². The molecule has 1 atom stereocenters. The summed E-state index contributed by atoms with van der Waals surface area (Å²) in [7, 11) is 0. The Morgan fingerprint density at radius 1 is 1.17 bits per heavy atom. The Kier molecular flexibility index (Phi) is 7.10. The van der Waals surface area contributed by atoms with E-state index >= 15 is 0 Å². The molecule has 4 rings (SSSR count). The molecule has 30 heavy (non-hydrogen) atoms. The average molecular weight is 418 g/mol. The number of para-hydroxylation sites is 1. The third kappa shape index (κ3) is 5.06. The Labute approximate surface area is 180 Å². The molecular weight excluding hydrogens is 381 g/mol. The number of nitrogens with one attached hydrogen (secondary N) is 1. The zero-order valence-corrected chi connectivity index (χ0v) is 18.3. The highest BCUT2D eigenvalue weighted by Crippen LogP contribution is 2.38. The SMILES string of the molecule is CCNC(=NCCCN1CCN(c2ccccc2F)CC1)N1CCC2(CCOC2)C1. The van der Waals surface area contributed by atoms with E-state index in [1.165, 1.54) is 12.8 Å². The molecule has 3 aliphatic heterocycles. The van der Waals surface area contributed by atoms with Gasteiger partial charge in [-0.3, -0.25) is 9.89 Å². The number of hydrogen-bond acceptors (Lipinski definition) is 4. The molecule has 0 saturated carbocycles. The topological polar surface area (TPSA) is 43.3 Å². The van der Waals surface area contributed by atoms with Crippen LogP contribution >= 0.6 is 0 Å². The second kappa shape index (κ2) is 9.96. The highest BCUT2D eigenvalue weighted by atomic mass is 19.1. The fraction of sp³-hybridized carbons (Fsp3) is 0.696. The summed E-state index contributed by atoms with van der Waals surface area (Å²) in [6.45, 7) is 12.6. The Morgan fingerprint density at radius 2 is 2.00 bits per heavy atom. The third-order valence-corrected chi connectivity index (χ3v) is 6.72. The molecule has 1 N–H and O–H groups in total. The van der Waals surface area contributed by atoms with Crippen molar-refractivity contribution in [3.05, 3.63) is 30.1 Å². The van der Waals surface area contributed by atoms with Crippen LogP contribution in [-0.4, -0.2) is 87.9 Å². The highest BCUT2D eigenvalue weighted by Gasteiger charge is 2.42. The van der Waals surface area contributed by atoms with E-state index < -0.39 is 0 Å². The van der Waals surface area contributed by atoms with Crippen molar-refractivity contribution in [2.24, 2.45) is 10.4 Å². The van der Waals surface area contributed by atoms with Crippen molar-refractivity contribution in [3.63, 3.8) is 0 Å². The maximum atomic E-state index is 14.0. The molecule has 166 valence electrons. The number of nitrogens with zero attached hydrogens (tertiary/aromatic N) is 4. The van der Waals surface area contributed by atoms with Gasteiger partial charge in [0.1, 0.15) is 5.82 Å². The largest absolute Gasteiger partial charge is 0.381 e. The summed E-state index contributed by atoms with van der Waals surface area (Å²) in [5.41, 5.74) is 1.08. The standard InChI is InChI=1S/C23H36FN5O/c1-2-25-22(29-12-8-23(18-29)9-17-30-19-23)26-10-5-11-27-13-15-28(16-14-27)21-7-4-3-6-20(21)24/h3-4,6-7H,2,5,8-19H2,1H3,(H,25,26). The maximum absolute atomic E-state index is 14.0. The van der Waals surface area contributed by atoms with E-state index in [0.29, 0.717) is 5.41 Å². The Balaban J connectivity index is 1.21. The van der Waals surface area contributed by atoms with Gasteiger partial charge in [-0.25, -0.2) is 4.39 Å². The number of benzene rings is 1. The van der Waals surface area contributed by atoms with E-state index in [9.17, 15) is 4.39 Å². The molecule has 1 spiro atoms. The van der Waals surface area contributed by atoms with E-state index in [1.807, 2.05) is 12.1 Å². The molecule has 0 amide bonds. The van der Waals surface area contributed by atoms with Gasteiger partial charge in [-0.15, -0.1) is 0 Å². The molecule has 3 heterocycles. The first kappa shape index (κ1) is 21.4. The average Bonchev–Trinajstić information content (AvgIpc) is 3.41. The molecule has 3 saturated heterocycles. The van der Waals surface area contributed by atoms with Crippen LogP contribution < -0.4 is 10.2 Å². The van der Waals surface area contributed by atoms with Gasteiger partial charge < -0.3 is 19.9 Å². The molecule has 7 heteroatoms. The maximum Gasteiger partial charge on any atom is 0.193 e. The number of likely N-dealkylation sites (tertiary alicyclic amines) is 1. The number of guanidine groups is 1. The first-order valence-corrected chi connectivity index (χ1v) is 11.5. The quantitative estimate of drug-likeness (QED) is 0.438. The van der Waals surface area contributed by atoms with Crippen LogP contribution in [0.4, 0.5) is 10.1 Å². The zero-order valence-electron chi connectivity index (χ0n) is 18.3. The van der Waals surface area contributed by atoms with Gasteiger partial charge in [0.2, 0.25) is 0 Å². The number of rotatable bonds is 6. The smallest absolute Gasteiger partial charge is 0.193 e. The summed E-state index contributed by atoms with van der Waals surface area (Å²) in [5.74, 6) is 0.940. The molecule has 3 fully saturated rings. The van der Waals surface area contributed by atoms with Gasteiger partial charge >= 0.3 is 0 Å². The van der Waals surface area contributed by atoms with E-state index in [4.69, 9.17) is 9.73 Å². The van der Waals surface area contributed by atoms with Gasteiger partial charge in [-0.05, 0) is 38.3 Å². The van der Waals surface area contributed by atoms with Crippen LogP contribution in [0.25, 0.3) is 0 Å².